The molecule has 0 heterocycles. The summed E-state index contributed by atoms with van der Waals surface area (Å²) in [6, 6.07) is 2.30. The van der Waals surface area contributed by atoms with Gasteiger partial charge in [0.25, 0.3) is 0 Å². The Morgan fingerprint density at radius 3 is 2.45 bits per heavy atom. The number of hydrogen-bond donors (Lipinski definition) is 1. The number of nitrogens with two attached hydrogens (primary N) is 1. The van der Waals surface area contributed by atoms with Crippen LogP contribution in [0.15, 0.2) is 12.1 Å². The molecule has 1 rings (SSSR count). The smallest absolute Gasteiger partial charge is 0.225 e. The predicted molar refractivity (Wildman–Crippen MR) is 37.0 cm³/mol. The zero-order chi connectivity index (χ0) is 8.43. The molecular weight excluding hydrogens is 150 g/mol. The molecule has 0 spiro atoms. The van der Waals surface area contributed by atoms with Gasteiger partial charge in [0.2, 0.25) is 5.69 Å². The molecule has 4 heteroatoms. The summed E-state index contributed by atoms with van der Waals surface area (Å²) in [7, 11) is 0. The first-order chi connectivity index (χ1) is 5.16. The van der Waals surface area contributed by atoms with Crippen molar-refractivity contribution in [3.63, 3.8) is 0 Å². The quantitative estimate of drug-likeness (QED) is 0.450. The van der Waals surface area contributed by atoms with Crippen molar-refractivity contribution in [2.45, 2.75) is 0 Å². The Morgan fingerprint density at radius 1 is 1.27 bits per heavy atom. The van der Waals surface area contributed by atoms with Crippen molar-refractivity contribution in [2.24, 2.45) is 0 Å². The molecule has 0 aliphatic carbocycles. The fourth-order valence-electron chi connectivity index (χ4n) is 0.641. The minimum atomic E-state index is -1.18. The van der Waals surface area contributed by atoms with Gasteiger partial charge in [-0.25, -0.2) is 13.6 Å². The monoisotopic (exact) mass is 154 g/mol. The van der Waals surface area contributed by atoms with E-state index in [1.165, 1.54) is 0 Å². The van der Waals surface area contributed by atoms with E-state index in [9.17, 15) is 8.78 Å². The highest BCUT2D eigenvalue weighted by atomic mass is 19.2. The molecule has 2 N–H and O–H groups in total. The van der Waals surface area contributed by atoms with Gasteiger partial charge < -0.3 is 5.73 Å². The van der Waals surface area contributed by atoms with Gasteiger partial charge in [0.05, 0.1) is 12.3 Å². The molecular formula is C7H4F2N2. The van der Waals surface area contributed by atoms with Crippen LogP contribution in [0.2, 0.25) is 0 Å². The molecule has 1 aromatic carbocycles. The van der Waals surface area contributed by atoms with E-state index in [0.29, 0.717) is 0 Å². The second-order valence-corrected chi connectivity index (χ2v) is 1.91. The lowest BCUT2D eigenvalue weighted by molar-refractivity contribution is 0.516. The molecule has 11 heavy (non-hydrogen) atoms. The van der Waals surface area contributed by atoms with Gasteiger partial charge in [0.15, 0.2) is 11.6 Å². The third-order valence-corrected chi connectivity index (χ3v) is 1.21. The van der Waals surface area contributed by atoms with E-state index >= 15 is 0 Å². The largest absolute Gasteiger partial charge is 0.396 e. The number of hydrogen-bond acceptors (Lipinski definition) is 1. The standard InChI is InChI=1S/C7H4F2N2/c1-11-5-3-2-4(10)6(8)7(5)9/h2-3H,10H2. The Balaban J connectivity index is 3.40. The summed E-state index contributed by atoms with van der Waals surface area (Å²) in [4.78, 5) is 2.75. The molecule has 56 valence electrons. The Hall–Kier alpha value is -1.63. The number of halogens is 2. The molecule has 0 radical (unpaired) electrons. The van der Waals surface area contributed by atoms with Crippen molar-refractivity contribution in [1.29, 1.82) is 0 Å². The lowest BCUT2D eigenvalue weighted by Crippen LogP contribution is -1.93. The molecule has 1 aromatic rings. The van der Waals surface area contributed by atoms with Gasteiger partial charge >= 0.3 is 0 Å². The summed E-state index contributed by atoms with van der Waals surface area (Å²) in [5.74, 6) is -2.33. The maximum Gasteiger partial charge on any atom is 0.225 e. The zero-order valence-electron chi connectivity index (χ0n) is 5.44. The maximum absolute atomic E-state index is 12.6. The molecule has 0 aliphatic heterocycles. The fourth-order valence-corrected chi connectivity index (χ4v) is 0.641. The Bertz CT molecular complexity index is 328. The molecule has 0 saturated heterocycles. The van der Waals surface area contributed by atoms with Crippen LogP contribution in [-0.2, 0) is 0 Å². The molecule has 0 fully saturated rings. The second-order valence-electron chi connectivity index (χ2n) is 1.91. The van der Waals surface area contributed by atoms with Gasteiger partial charge in [-0.2, -0.15) is 0 Å². The highest BCUT2D eigenvalue weighted by Gasteiger charge is 2.10. The normalized spacial score (nSPS) is 9.18. The first-order valence-corrected chi connectivity index (χ1v) is 2.77. The van der Waals surface area contributed by atoms with Crippen molar-refractivity contribution in [3.8, 4) is 0 Å². The molecule has 0 unspecified atom stereocenters. The highest BCUT2D eigenvalue weighted by Crippen LogP contribution is 2.23. The van der Waals surface area contributed by atoms with Crippen LogP contribution in [0.5, 0.6) is 0 Å². The first-order valence-electron chi connectivity index (χ1n) is 2.77. The van der Waals surface area contributed by atoms with Gasteiger partial charge in [0, 0.05) is 0 Å². The van der Waals surface area contributed by atoms with E-state index in [1.807, 2.05) is 0 Å². The zero-order valence-corrected chi connectivity index (χ0v) is 5.44. The molecule has 0 atom stereocenters. The van der Waals surface area contributed by atoms with E-state index < -0.39 is 11.6 Å². The molecule has 0 saturated carbocycles. The fraction of sp³-hybridized carbons (Fsp3) is 0. The van der Waals surface area contributed by atoms with Crippen LogP contribution >= 0.6 is 0 Å². The number of rotatable bonds is 0. The lowest BCUT2D eigenvalue weighted by atomic mass is 10.2. The highest BCUT2D eigenvalue weighted by molar-refractivity contribution is 5.54. The molecule has 0 aliphatic rings. The summed E-state index contributed by atoms with van der Waals surface area (Å²) in [6.45, 7) is 6.43. The van der Waals surface area contributed by atoms with Crippen molar-refractivity contribution >= 4 is 11.4 Å². The van der Waals surface area contributed by atoms with Gasteiger partial charge in [-0.15, -0.1) is 0 Å². The van der Waals surface area contributed by atoms with Crippen LogP contribution in [0.25, 0.3) is 4.85 Å². The van der Waals surface area contributed by atoms with Crippen molar-refractivity contribution in [1.82, 2.24) is 0 Å². The number of nitrogen functional groups attached to an aromatic ring is 1. The van der Waals surface area contributed by atoms with Crippen LogP contribution in [0, 0.1) is 18.2 Å². The lowest BCUT2D eigenvalue weighted by Gasteiger charge is -1.97. The van der Waals surface area contributed by atoms with Crippen LogP contribution in [0.1, 0.15) is 0 Å². The molecule has 2 nitrogen and oxygen atoms in total. The third kappa shape index (κ3) is 1.13. The molecule has 0 aromatic heterocycles. The summed E-state index contributed by atoms with van der Waals surface area (Å²) in [5.41, 5.74) is 4.39. The van der Waals surface area contributed by atoms with Gasteiger partial charge in [0.1, 0.15) is 0 Å². The molecule has 0 amide bonds. The third-order valence-electron chi connectivity index (χ3n) is 1.21. The maximum atomic E-state index is 12.6. The van der Waals surface area contributed by atoms with Crippen molar-refractivity contribution in [3.05, 3.63) is 35.2 Å². The van der Waals surface area contributed by atoms with E-state index in [0.717, 1.165) is 12.1 Å². The number of anilines is 1. The minimum absolute atomic E-state index is 0.282. The Morgan fingerprint density at radius 2 is 1.91 bits per heavy atom. The number of nitrogens with zero attached hydrogens (tertiary/aromatic N) is 1. The number of benzene rings is 1. The second kappa shape index (κ2) is 2.54. The minimum Gasteiger partial charge on any atom is -0.396 e. The van der Waals surface area contributed by atoms with Crippen molar-refractivity contribution < 1.29 is 8.78 Å². The van der Waals surface area contributed by atoms with Gasteiger partial charge in [-0.3, -0.25) is 0 Å². The van der Waals surface area contributed by atoms with E-state index in [-0.39, 0.29) is 11.4 Å². The summed E-state index contributed by atoms with van der Waals surface area (Å²) in [6.07, 6.45) is 0. The SMILES string of the molecule is [C-]#[N+]c1ccc(N)c(F)c1F. The van der Waals surface area contributed by atoms with Crippen LogP contribution in [0.4, 0.5) is 20.2 Å². The summed E-state index contributed by atoms with van der Waals surface area (Å²) < 4.78 is 25.1. The van der Waals surface area contributed by atoms with Crippen molar-refractivity contribution in [2.75, 3.05) is 5.73 Å². The van der Waals surface area contributed by atoms with Crippen LogP contribution < -0.4 is 5.73 Å². The van der Waals surface area contributed by atoms with Gasteiger partial charge in [-0.1, -0.05) is 6.07 Å². The van der Waals surface area contributed by atoms with E-state index in [4.69, 9.17) is 12.3 Å². The average molecular weight is 154 g/mol. The average Bonchev–Trinajstić information content (AvgIpc) is 2.01. The Labute approximate surface area is 62.1 Å². The van der Waals surface area contributed by atoms with Gasteiger partial charge in [-0.05, 0) is 6.07 Å². The summed E-state index contributed by atoms with van der Waals surface area (Å²) in [5, 5.41) is 0. The van der Waals surface area contributed by atoms with Crippen LogP contribution in [-0.4, -0.2) is 0 Å². The Kier molecular flexibility index (Phi) is 1.73. The molecule has 0 bridgehead atoms. The van der Waals surface area contributed by atoms with E-state index in [1.54, 1.807) is 0 Å². The van der Waals surface area contributed by atoms with E-state index in [2.05, 4.69) is 4.85 Å². The van der Waals surface area contributed by atoms with Crippen LogP contribution in [0.3, 0.4) is 0 Å². The first kappa shape index (κ1) is 7.48. The predicted octanol–water partition coefficient (Wildman–Crippen LogP) is 2.10. The summed E-state index contributed by atoms with van der Waals surface area (Å²) >= 11 is 0. The topological polar surface area (TPSA) is 30.4 Å².